The fourth-order valence-corrected chi connectivity index (χ4v) is 4.59. The lowest BCUT2D eigenvalue weighted by molar-refractivity contribution is -0.0554. The van der Waals surface area contributed by atoms with Gasteiger partial charge in [0, 0.05) is 50.3 Å². The van der Waals surface area contributed by atoms with E-state index in [0.717, 1.165) is 30.2 Å². The smallest absolute Gasteiger partial charge is 0.263 e. The van der Waals surface area contributed by atoms with E-state index in [1.54, 1.807) is 29.0 Å². The fraction of sp³-hybridized carbons (Fsp3) is 0.429. The minimum absolute atomic E-state index is 0.0849. The van der Waals surface area contributed by atoms with E-state index in [-0.39, 0.29) is 30.3 Å². The highest BCUT2D eigenvalue weighted by Gasteiger charge is 2.33. The van der Waals surface area contributed by atoms with Gasteiger partial charge in [-0.1, -0.05) is 12.1 Å². The third-order valence-electron chi connectivity index (χ3n) is 7.00. The maximum absolute atomic E-state index is 13.4. The number of hydrogen-bond acceptors (Lipinski definition) is 4. The predicted molar refractivity (Wildman–Crippen MR) is 136 cm³/mol. The minimum Gasteiger partial charge on any atom is -0.494 e. The number of carbonyl (C=O) groups is 1. The van der Waals surface area contributed by atoms with E-state index in [1.165, 1.54) is 0 Å². The van der Waals surface area contributed by atoms with Crippen LogP contribution in [0.15, 0.2) is 53.5 Å². The van der Waals surface area contributed by atoms with Crippen LogP contribution in [0.3, 0.4) is 0 Å². The monoisotopic (exact) mass is 495 g/mol. The zero-order chi connectivity index (χ0) is 25.3. The van der Waals surface area contributed by atoms with Crippen LogP contribution in [-0.2, 0) is 0 Å². The van der Waals surface area contributed by atoms with Crippen molar-refractivity contribution in [1.82, 2.24) is 14.8 Å². The molecule has 1 aliphatic carbocycles. The van der Waals surface area contributed by atoms with Crippen molar-refractivity contribution in [2.24, 2.45) is 0 Å². The van der Waals surface area contributed by atoms with E-state index in [4.69, 9.17) is 4.74 Å². The average Bonchev–Trinajstić information content (AvgIpc) is 3.68. The zero-order valence-corrected chi connectivity index (χ0v) is 20.4. The number of nitrogens with one attached hydrogen (secondary N) is 1. The molecule has 2 aliphatic rings. The molecular formula is C28H31F2N3O3. The van der Waals surface area contributed by atoms with Gasteiger partial charge in [0.15, 0.2) is 0 Å². The molecule has 1 aromatic heterocycles. The zero-order valence-electron chi connectivity index (χ0n) is 20.4. The van der Waals surface area contributed by atoms with E-state index in [1.807, 2.05) is 36.1 Å². The van der Waals surface area contributed by atoms with E-state index >= 15 is 0 Å². The number of ether oxygens (including phenoxy) is 1. The molecule has 2 heterocycles. The summed E-state index contributed by atoms with van der Waals surface area (Å²) in [6.07, 6.45) is 4.30. The second-order valence-corrected chi connectivity index (χ2v) is 9.89. The molecule has 1 N–H and O–H groups in total. The second-order valence-electron chi connectivity index (χ2n) is 9.89. The highest BCUT2D eigenvalue weighted by molar-refractivity contribution is 5.95. The van der Waals surface area contributed by atoms with Crippen LogP contribution in [0, 0.1) is 6.92 Å². The summed E-state index contributed by atoms with van der Waals surface area (Å²) in [6, 6.07) is 13.0. The van der Waals surface area contributed by atoms with Crippen LogP contribution in [0.2, 0.25) is 0 Å². The number of hydrogen-bond donors (Lipinski definition) is 1. The first kappa shape index (κ1) is 24.4. The summed E-state index contributed by atoms with van der Waals surface area (Å²) >= 11 is 0. The van der Waals surface area contributed by atoms with Gasteiger partial charge in [0.2, 0.25) is 0 Å². The number of rotatable bonds is 8. The fourth-order valence-electron chi connectivity index (χ4n) is 4.59. The first-order chi connectivity index (χ1) is 17.3. The summed E-state index contributed by atoms with van der Waals surface area (Å²) in [5.41, 5.74) is 1.91. The Morgan fingerprint density at radius 1 is 1.11 bits per heavy atom. The summed E-state index contributed by atoms with van der Waals surface area (Å²) in [5.74, 6) is -2.06. The van der Waals surface area contributed by atoms with Crippen LogP contribution in [0.25, 0.3) is 16.5 Å². The second kappa shape index (κ2) is 10.0. The lowest BCUT2D eigenvalue weighted by Crippen LogP contribution is -2.40. The number of pyridine rings is 1. The lowest BCUT2D eigenvalue weighted by Gasteiger charge is -2.31. The number of piperidine rings is 1. The molecule has 0 radical (unpaired) electrons. The highest BCUT2D eigenvalue weighted by Crippen LogP contribution is 2.28. The number of fused-ring (bicyclic) bond motifs is 1. The Morgan fingerprint density at radius 3 is 2.64 bits per heavy atom. The molecule has 36 heavy (non-hydrogen) atoms. The van der Waals surface area contributed by atoms with Gasteiger partial charge in [0.05, 0.1) is 17.7 Å². The number of aryl methyl sites for hydroxylation is 1. The molecule has 1 saturated carbocycles. The van der Waals surface area contributed by atoms with Gasteiger partial charge in [-0.15, -0.1) is 0 Å². The predicted octanol–water partition coefficient (Wildman–Crippen LogP) is 4.69. The lowest BCUT2D eigenvalue weighted by atomic mass is 10.1. The molecule has 190 valence electrons. The molecule has 0 atom stereocenters. The maximum Gasteiger partial charge on any atom is 0.263 e. The number of carbonyl (C=O) groups excluding carboxylic acids is 1. The molecule has 0 unspecified atom stereocenters. The summed E-state index contributed by atoms with van der Waals surface area (Å²) in [7, 11) is 0. The Bertz CT molecular complexity index is 1320. The molecule has 2 fully saturated rings. The number of amides is 1. The Kier molecular flexibility index (Phi) is 6.79. The van der Waals surface area contributed by atoms with Crippen molar-refractivity contribution in [3.05, 3.63) is 70.1 Å². The third kappa shape index (κ3) is 5.59. The number of halogens is 2. The SMILES string of the molecule is Cc1ccc(C(=O)NC2CC2)cc1-n1ccc2ccc(OCCCN3CCC(F)(F)CC3)cc2c1=O. The van der Waals surface area contributed by atoms with Crippen LogP contribution < -0.4 is 15.6 Å². The van der Waals surface area contributed by atoms with Gasteiger partial charge in [-0.25, -0.2) is 8.78 Å². The van der Waals surface area contributed by atoms with Crippen molar-refractivity contribution < 1.29 is 18.3 Å². The molecule has 1 aliphatic heterocycles. The quantitative estimate of drug-likeness (QED) is 0.461. The average molecular weight is 496 g/mol. The first-order valence-corrected chi connectivity index (χ1v) is 12.6. The summed E-state index contributed by atoms with van der Waals surface area (Å²) in [5, 5.41) is 4.32. The number of likely N-dealkylation sites (tertiary alicyclic amines) is 1. The molecular weight excluding hydrogens is 464 g/mol. The maximum atomic E-state index is 13.4. The molecule has 2 aromatic carbocycles. The van der Waals surface area contributed by atoms with Gasteiger partial charge < -0.3 is 15.0 Å². The molecule has 8 heteroatoms. The van der Waals surface area contributed by atoms with Crippen molar-refractivity contribution in [1.29, 1.82) is 0 Å². The normalized spacial score (nSPS) is 17.8. The Labute approximate surface area is 208 Å². The van der Waals surface area contributed by atoms with Crippen LogP contribution in [0.4, 0.5) is 8.78 Å². The number of alkyl halides is 2. The largest absolute Gasteiger partial charge is 0.494 e. The molecule has 5 rings (SSSR count). The van der Waals surface area contributed by atoms with E-state index in [2.05, 4.69) is 5.32 Å². The van der Waals surface area contributed by atoms with Gasteiger partial charge in [-0.2, -0.15) is 0 Å². The highest BCUT2D eigenvalue weighted by atomic mass is 19.3. The molecule has 6 nitrogen and oxygen atoms in total. The minimum atomic E-state index is -2.53. The van der Waals surface area contributed by atoms with Crippen molar-refractivity contribution in [3.8, 4) is 11.4 Å². The summed E-state index contributed by atoms with van der Waals surface area (Å²) in [6.45, 7) is 3.88. The number of benzene rings is 2. The van der Waals surface area contributed by atoms with Gasteiger partial charge in [0.25, 0.3) is 17.4 Å². The summed E-state index contributed by atoms with van der Waals surface area (Å²) < 4.78 is 34.1. The van der Waals surface area contributed by atoms with Gasteiger partial charge in [0.1, 0.15) is 5.75 Å². The molecule has 0 spiro atoms. The van der Waals surface area contributed by atoms with E-state index < -0.39 is 5.92 Å². The Morgan fingerprint density at radius 2 is 1.89 bits per heavy atom. The Balaban J connectivity index is 1.29. The van der Waals surface area contributed by atoms with Crippen molar-refractivity contribution in [3.63, 3.8) is 0 Å². The number of nitrogens with zero attached hydrogens (tertiary/aromatic N) is 2. The van der Waals surface area contributed by atoms with Gasteiger partial charge in [-0.05, 0) is 67.5 Å². The van der Waals surface area contributed by atoms with E-state index in [0.29, 0.717) is 48.6 Å². The molecule has 1 amide bonds. The van der Waals surface area contributed by atoms with Crippen molar-refractivity contribution in [2.75, 3.05) is 26.2 Å². The first-order valence-electron chi connectivity index (χ1n) is 12.6. The van der Waals surface area contributed by atoms with Crippen LogP contribution in [0.5, 0.6) is 5.75 Å². The van der Waals surface area contributed by atoms with Crippen LogP contribution in [-0.4, -0.2) is 53.6 Å². The van der Waals surface area contributed by atoms with Crippen LogP contribution >= 0.6 is 0 Å². The van der Waals surface area contributed by atoms with E-state index in [9.17, 15) is 18.4 Å². The molecule has 1 saturated heterocycles. The van der Waals surface area contributed by atoms with Crippen LogP contribution in [0.1, 0.15) is 48.0 Å². The van der Waals surface area contributed by atoms with Gasteiger partial charge in [-0.3, -0.25) is 14.2 Å². The third-order valence-corrected chi connectivity index (χ3v) is 7.00. The Hall–Kier alpha value is -3.26. The standard InChI is InChI=1S/C28H31F2N3O3/c1-19-3-4-21(26(34)31-22-6-7-22)17-25(19)33-13-9-20-5-8-23(18-24(20)27(33)35)36-16-2-12-32-14-10-28(29,30)11-15-32/h3-5,8-9,13,17-18,22H,2,6-7,10-12,14-16H2,1H3,(H,31,34). The summed E-state index contributed by atoms with van der Waals surface area (Å²) in [4.78, 5) is 28.0. The topological polar surface area (TPSA) is 63.6 Å². The van der Waals surface area contributed by atoms with Crippen molar-refractivity contribution >= 4 is 16.7 Å². The van der Waals surface area contributed by atoms with Gasteiger partial charge >= 0.3 is 0 Å². The molecule has 3 aromatic rings. The van der Waals surface area contributed by atoms with Crippen molar-refractivity contribution in [2.45, 2.75) is 51.0 Å². The number of aromatic nitrogens is 1. The molecule has 0 bridgehead atoms.